The molecular weight excluding hydrogens is 358 g/mol. The van der Waals surface area contributed by atoms with E-state index < -0.39 is 27.7 Å². The molecule has 142 valence electrons. The number of sulfonamides is 1. The lowest BCUT2D eigenvalue weighted by atomic mass is 10.1. The first-order chi connectivity index (χ1) is 11.9. The molecular formula is C18H23NO6S. The van der Waals surface area contributed by atoms with E-state index in [-0.39, 0.29) is 28.1 Å². The van der Waals surface area contributed by atoms with Gasteiger partial charge in [-0.2, -0.15) is 4.31 Å². The molecule has 0 spiro atoms. The molecule has 0 aromatic heterocycles. The summed E-state index contributed by atoms with van der Waals surface area (Å²) in [7, 11) is -4.41. The third kappa shape index (κ3) is 4.51. The molecule has 0 atom stereocenters. The average molecular weight is 381 g/mol. The van der Waals surface area contributed by atoms with Gasteiger partial charge < -0.3 is 9.84 Å². The van der Waals surface area contributed by atoms with Gasteiger partial charge in [0.1, 0.15) is 5.60 Å². The first kappa shape index (κ1) is 21.4. The lowest BCUT2D eigenvalue weighted by Gasteiger charge is -2.27. The van der Waals surface area contributed by atoms with Crippen LogP contribution < -0.4 is 0 Å². The normalized spacial score (nSPS) is 11.5. The molecule has 7 nitrogen and oxygen atoms in total. The molecule has 0 bridgehead atoms. The van der Waals surface area contributed by atoms with Gasteiger partial charge >= 0.3 is 12.1 Å². The molecule has 0 radical (unpaired) electrons. The van der Waals surface area contributed by atoms with Gasteiger partial charge in [-0.15, -0.1) is 6.58 Å². The topological polar surface area (TPSA) is 101 Å². The van der Waals surface area contributed by atoms with Crippen molar-refractivity contribution in [1.82, 2.24) is 4.31 Å². The zero-order valence-corrected chi connectivity index (χ0v) is 16.1. The Bertz CT molecular complexity index is 849. The third-order valence-electron chi connectivity index (χ3n) is 3.33. The van der Waals surface area contributed by atoms with Crippen LogP contribution in [-0.4, -0.2) is 42.0 Å². The van der Waals surface area contributed by atoms with Crippen molar-refractivity contribution in [2.24, 2.45) is 0 Å². The van der Waals surface area contributed by atoms with Crippen LogP contribution in [-0.2, 0) is 14.8 Å². The minimum absolute atomic E-state index is 0.00696. The van der Waals surface area contributed by atoms with E-state index in [1.807, 2.05) is 0 Å². The molecule has 0 heterocycles. The van der Waals surface area contributed by atoms with Crippen molar-refractivity contribution in [3.05, 3.63) is 48.1 Å². The number of hydrogen-bond acceptors (Lipinski definition) is 5. The molecule has 1 rings (SSSR count). The number of benzene rings is 1. The second kappa shape index (κ2) is 7.74. The van der Waals surface area contributed by atoms with Crippen molar-refractivity contribution in [1.29, 1.82) is 0 Å². The van der Waals surface area contributed by atoms with Crippen LogP contribution in [0.1, 0.15) is 42.3 Å². The van der Waals surface area contributed by atoms with E-state index in [1.165, 1.54) is 31.2 Å². The van der Waals surface area contributed by atoms with Gasteiger partial charge in [0, 0.05) is 0 Å². The van der Waals surface area contributed by atoms with Crippen molar-refractivity contribution in [2.45, 2.75) is 38.2 Å². The van der Waals surface area contributed by atoms with Crippen LogP contribution in [0, 0.1) is 6.92 Å². The molecule has 26 heavy (non-hydrogen) atoms. The summed E-state index contributed by atoms with van der Waals surface area (Å²) in [5.74, 6) is -1.28. The summed E-state index contributed by atoms with van der Waals surface area (Å²) in [5.41, 5.74) is -0.903. The number of carbonyl (C=O) groups is 2. The van der Waals surface area contributed by atoms with Gasteiger partial charge in [0.15, 0.2) is 0 Å². The summed E-state index contributed by atoms with van der Waals surface area (Å²) in [6.07, 6.45) is 1.45. The smallest absolute Gasteiger partial charge is 0.424 e. The van der Waals surface area contributed by atoms with E-state index in [4.69, 9.17) is 4.74 Å². The van der Waals surface area contributed by atoms with Crippen molar-refractivity contribution < 1.29 is 27.9 Å². The number of carbonyl (C=O) groups excluding carboxylic acids is 1. The minimum atomic E-state index is -4.41. The van der Waals surface area contributed by atoms with Crippen molar-refractivity contribution >= 4 is 28.2 Å². The standard InChI is InChI=1S/C18H23NO6S/c1-7-11-19(17(22)25-18(4,5)6)26(23,24)15-12(3)14(16(20)21)10-9-13(15)8-2/h7-10H,1-2,11H2,3-6H3,(H,20,21). The fraction of sp³-hybridized carbons (Fsp3) is 0.333. The lowest BCUT2D eigenvalue weighted by Crippen LogP contribution is -2.41. The number of amides is 1. The molecule has 0 aliphatic carbocycles. The summed E-state index contributed by atoms with van der Waals surface area (Å²) >= 11 is 0. The molecule has 1 N–H and O–H groups in total. The van der Waals surface area contributed by atoms with E-state index >= 15 is 0 Å². The number of carboxylic acid groups (broad SMARTS) is 1. The molecule has 0 saturated carbocycles. The Kier molecular flexibility index (Phi) is 6.38. The molecule has 0 unspecified atom stereocenters. The van der Waals surface area contributed by atoms with Gasteiger partial charge in [-0.3, -0.25) is 0 Å². The predicted molar refractivity (Wildman–Crippen MR) is 98.6 cm³/mol. The zero-order valence-electron chi connectivity index (χ0n) is 15.3. The highest BCUT2D eigenvalue weighted by atomic mass is 32.2. The summed E-state index contributed by atoms with van der Waals surface area (Å²) in [5, 5.41) is 9.28. The largest absolute Gasteiger partial charge is 0.478 e. The Balaban J connectivity index is 3.66. The number of hydrogen-bond donors (Lipinski definition) is 1. The Morgan fingerprint density at radius 2 is 1.85 bits per heavy atom. The highest BCUT2D eigenvalue weighted by Gasteiger charge is 2.35. The highest BCUT2D eigenvalue weighted by Crippen LogP contribution is 2.29. The van der Waals surface area contributed by atoms with Crippen LogP contribution in [0.4, 0.5) is 4.79 Å². The van der Waals surface area contributed by atoms with Crippen LogP contribution >= 0.6 is 0 Å². The van der Waals surface area contributed by atoms with Crippen LogP contribution in [0.15, 0.2) is 36.3 Å². The fourth-order valence-electron chi connectivity index (χ4n) is 2.26. The van der Waals surface area contributed by atoms with Gasteiger partial charge in [0.2, 0.25) is 0 Å². The maximum atomic E-state index is 13.2. The Hall–Kier alpha value is -2.61. The highest BCUT2D eigenvalue weighted by molar-refractivity contribution is 7.89. The van der Waals surface area contributed by atoms with Gasteiger partial charge in [-0.25, -0.2) is 18.0 Å². The van der Waals surface area contributed by atoms with Crippen LogP contribution in [0.2, 0.25) is 0 Å². The molecule has 8 heteroatoms. The maximum Gasteiger partial charge on any atom is 0.424 e. The van der Waals surface area contributed by atoms with Gasteiger partial charge in [-0.1, -0.05) is 24.8 Å². The van der Waals surface area contributed by atoms with E-state index in [0.717, 1.165) is 0 Å². The maximum absolute atomic E-state index is 13.2. The third-order valence-corrected chi connectivity index (χ3v) is 5.26. The monoisotopic (exact) mass is 381 g/mol. The number of nitrogens with zero attached hydrogens (tertiary/aromatic N) is 1. The molecule has 1 aromatic carbocycles. The lowest BCUT2D eigenvalue weighted by molar-refractivity contribution is 0.0404. The minimum Gasteiger partial charge on any atom is -0.478 e. The van der Waals surface area contributed by atoms with Crippen LogP contribution in [0.5, 0.6) is 0 Å². The van der Waals surface area contributed by atoms with Gasteiger partial charge in [0.05, 0.1) is 17.0 Å². The average Bonchev–Trinajstić information content (AvgIpc) is 2.49. The molecule has 0 saturated heterocycles. The van der Waals surface area contributed by atoms with Crippen molar-refractivity contribution in [2.75, 3.05) is 6.54 Å². The Morgan fingerprint density at radius 3 is 2.27 bits per heavy atom. The van der Waals surface area contributed by atoms with E-state index in [9.17, 15) is 23.1 Å². The predicted octanol–water partition coefficient (Wildman–Crippen LogP) is 3.45. The van der Waals surface area contributed by atoms with E-state index in [2.05, 4.69) is 13.2 Å². The zero-order chi connectivity index (χ0) is 20.3. The molecule has 1 aromatic rings. The molecule has 0 aliphatic rings. The number of carboxylic acids is 1. The summed E-state index contributed by atoms with van der Waals surface area (Å²) < 4.78 is 32.0. The Morgan fingerprint density at radius 1 is 1.27 bits per heavy atom. The number of aromatic carboxylic acids is 1. The van der Waals surface area contributed by atoms with Crippen molar-refractivity contribution in [3.63, 3.8) is 0 Å². The van der Waals surface area contributed by atoms with E-state index in [1.54, 1.807) is 20.8 Å². The van der Waals surface area contributed by atoms with Gasteiger partial charge in [-0.05, 0) is 44.9 Å². The van der Waals surface area contributed by atoms with Crippen LogP contribution in [0.3, 0.4) is 0 Å². The number of rotatable bonds is 6. The first-order valence-corrected chi connectivity index (χ1v) is 9.16. The SMILES string of the molecule is C=CCN(C(=O)OC(C)(C)C)S(=O)(=O)c1c(C=C)ccc(C(=O)O)c1C. The second-order valence-electron chi connectivity index (χ2n) is 6.47. The van der Waals surface area contributed by atoms with Crippen molar-refractivity contribution in [3.8, 4) is 0 Å². The van der Waals surface area contributed by atoms with Gasteiger partial charge in [0.25, 0.3) is 10.0 Å². The quantitative estimate of drug-likeness (QED) is 0.758. The summed E-state index contributed by atoms with van der Waals surface area (Å²) in [6, 6.07) is 2.62. The van der Waals surface area contributed by atoms with Crippen LogP contribution in [0.25, 0.3) is 6.08 Å². The second-order valence-corrected chi connectivity index (χ2v) is 8.27. The molecule has 0 aliphatic heterocycles. The molecule has 0 fully saturated rings. The molecule has 1 amide bonds. The number of ether oxygens (including phenoxy) is 1. The fourth-order valence-corrected chi connectivity index (χ4v) is 3.96. The summed E-state index contributed by atoms with van der Waals surface area (Å²) in [4.78, 5) is 23.5. The van der Waals surface area contributed by atoms with E-state index in [0.29, 0.717) is 4.31 Å². The summed E-state index contributed by atoms with van der Waals surface area (Å²) in [6.45, 7) is 12.9. The first-order valence-electron chi connectivity index (χ1n) is 7.72. The Labute approximate surface area is 153 Å².